The number of rotatable bonds is 4. The first-order valence-electron chi connectivity index (χ1n) is 12.5. The number of amides is 2. The van der Waals surface area contributed by atoms with E-state index >= 15 is 0 Å². The number of halogens is 1. The molecular weight excluding hydrogens is 499 g/mol. The summed E-state index contributed by atoms with van der Waals surface area (Å²) in [6.45, 7) is 2.12. The number of fused-ring (bicyclic) bond motifs is 5. The molecule has 0 fully saturated rings. The Bertz CT molecular complexity index is 1860. The molecule has 3 aromatic carbocycles. The lowest BCUT2D eigenvalue weighted by Crippen LogP contribution is -2.52. The second-order valence-electron chi connectivity index (χ2n) is 9.85. The molecule has 7 nitrogen and oxygen atoms in total. The first-order valence-corrected chi connectivity index (χ1v) is 12.5. The first-order chi connectivity index (χ1) is 18.9. The van der Waals surface area contributed by atoms with Crippen LogP contribution in [0.4, 0.5) is 10.1 Å². The molecule has 0 saturated carbocycles. The second kappa shape index (κ2) is 8.26. The standard InChI is InChI=1S/C31H21FN2O5/c1-18-8-10-19(11-9-18)16-33-24-7-3-2-6-23(24)31(30(33)37)26-27(35)22-15-20(32)12-13-25(22)39-28(26)29(36)34(31)17-21-5-4-14-38-21/h2-15H,16-17H2,1H3. The highest BCUT2D eigenvalue weighted by Gasteiger charge is 2.65. The van der Waals surface area contributed by atoms with Crippen molar-refractivity contribution in [1.82, 2.24) is 4.90 Å². The highest BCUT2D eigenvalue weighted by atomic mass is 19.1. The number of carbonyl (C=O) groups is 2. The molecular formula is C31H21FN2O5. The molecule has 1 atom stereocenters. The molecule has 0 radical (unpaired) electrons. The Hall–Kier alpha value is -4.98. The van der Waals surface area contributed by atoms with Crippen molar-refractivity contribution in [1.29, 1.82) is 0 Å². The molecule has 4 heterocycles. The quantitative estimate of drug-likeness (QED) is 0.322. The van der Waals surface area contributed by atoms with Gasteiger partial charge in [0.15, 0.2) is 11.0 Å². The number of aryl methyl sites for hydroxylation is 1. The smallest absolute Gasteiger partial charge is 0.291 e. The molecule has 0 bridgehead atoms. The summed E-state index contributed by atoms with van der Waals surface area (Å²) in [5.74, 6) is -1.51. The van der Waals surface area contributed by atoms with Gasteiger partial charge in [0.25, 0.3) is 11.8 Å². The SMILES string of the molecule is Cc1ccc(CN2C(=O)C3(c4ccccc42)c2c(oc4ccc(F)cc4c2=O)C(=O)N3Cc2ccco2)cc1. The van der Waals surface area contributed by atoms with Crippen LogP contribution >= 0.6 is 0 Å². The van der Waals surface area contributed by atoms with Crippen molar-refractivity contribution < 1.29 is 22.8 Å². The molecule has 0 N–H and O–H groups in total. The Labute approximate surface area is 221 Å². The summed E-state index contributed by atoms with van der Waals surface area (Å²) >= 11 is 0. The van der Waals surface area contributed by atoms with Crippen molar-refractivity contribution in [2.75, 3.05) is 4.90 Å². The molecule has 2 aromatic heterocycles. The summed E-state index contributed by atoms with van der Waals surface area (Å²) in [6.07, 6.45) is 1.48. The van der Waals surface area contributed by atoms with Gasteiger partial charge < -0.3 is 18.6 Å². The lowest BCUT2D eigenvalue weighted by Gasteiger charge is -2.33. The maximum atomic E-state index is 14.7. The Morgan fingerprint density at radius 1 is 0.897 bits per heavy atom. The fourth-order valence-electron chi connectivity index (χ4n) is 5.78. The van der Waals surface area contributed by atoms with Crippen molar-refractivity contribution in [3.63, 3.8) is 0 Å². The third-order valence-corrected chi connectivity index (χ3v) is 7.55. The van der Waals surface area contributed by atoms with Gasteiger partial charge >= 0.3 is 0 Å². The van der Waals surface area contributed by atoms with E-state index in [4.69, 9.17) is 8.83 Å². The Morgan fingerprint density at radius 2 is 1.69 bits per heavy atom. The van der Waals surface area contributed by atoms with E-state index in [1.807, 2.05) is 31.2 Å². The van der Waals surface area contributed by atoms with Crippen molar-refractivity contribution in [2.24, 2.45) is 0 Å². The summed E-state index contributed by atoms with van der Waals surface area (Å²) in [5, 5.41) is -0.0389. The normalized spacial score (nSPS) is 17.9. The average Bonchev–Trinajstić information content (AvgIpc) is 3.60. The average molecular weight is 521 g/mol. The van der Waals surface area contributed by atoms with Crippen LogP contribution in [0.5, 0.6) is 0 Å². The minimum atomic E-state index is -1.82. The van der Waals surface area contributed by atoms with Gasteiger partial charge in [-0.2, -0.15) is 0 Å². The van der Waals surface area contributed by atoms with Crippen molar-refractivity contribution in [3.05, 3.63) is 135 Å². The van der Waals surface area contributed by atoms with Crippen LogP contribution in [0.25, 0.3) is 11.0 Å². The van der Waals surface area contributed by atoms with Crippen LogP contribution in [-0.4, -0.2) is 16.7 Å². The van der Waals surface area contributed by atoms with E-state index in [9.17, 15) is 18.8 Å². The van der Waals surface area contributed by atoms with Gasteiger partial charge in [-0.25, -0.2) is 4.39 Å². The summed E-state index contributed by atoms with van der Waals surface area (Å²) in [6, 6.07) is 21.8. The molecule has 1 spiro atoms. The molecule has 2 aliphatic heterocycles. The minimum Gasteiger partial charge on any atom is -0.467 e. The molecule has 39 heavy (non-hydrogen) atoms. The van der Waals surface area contributed by atoms with E-state index in [1.54, 1.807) is 41.3 Å². The van der Waals surface area contributed by atoms with E-state index in [0.717, 1.165) is 23.3 Å². The zero-order chi connectivity index (χ0) is 26.9. The van der Waals surface area contributed by atoms with Crippen molar-refractivity contribution in [3.8, 4) is 0 Å². The van der Waals surface area contributed by atoms with Crippen LogP contribution < -0.4 is 10.3 Å². The van der Waals surface area contributed by atoms with Gasteiger partial charge in [-0.15, -0.1) is 0 Å². The fourth-order valence-corrected chi connectivity index (χ4v) is 5.78. The zero-order valence-corrected chi connectivity index (χ0v) is 20.8. The molecule has 0 aliphatic carbocycles. The highest BCUT2D eigenvalue weighted by Crippen LogP contribution is 2.53. The van der Waals surface area contributed by atoms with E-state index in [-0.39, 0.29) is 35.4 Å². The van der Waals surface area contributed by atoms with Crippen LogP contribution in [0.3, 0.4) is 0 Å². The van der Waals surface area contributed by atoms with Crippen LogP contribution in [0.1, 0.15) is 38.6 Å². The Morgan fingerprint density at radius 3 is 2.46 bits per heavy atom. The molecule has 192 valence electrons. The monoisotopic (exact) mass is 520 g/mol. The van der Waals surface area contributed by atoms with Crippen molar-refractivity contribution in [2.45, 2.75) is 25.6 Å². The van der Waals surface area contributed by atoms with Crippen molar-refractivity contribution >= 4 is 28.5 Å². The number of hydrogen-bond donors (Lipinski definition) is 0. The Kier molecular flexibility index (Phi) is 4.91. The van der Waals surface area contributed by atoms with E-state index in [0.29, 0.717) is 17.0 Å². The second-order valence-corrected chi connectivity index (χ2v) is 9.85. The van der Waals surface area contributed by atoms with Crippen LogP contribution in [-0.2, 0) is 23.4 Å². The first kappa shape index (κ1) is 23.2. The number of benzene rings is 3. The predicted octanol–water partition coefficient (Wildman–Crippen LogP) is 5.28. The highest BCUT2D eigenvalue weighted by molar-refractivity contribution is 6.17. The molecule has 1 unspecified atom stereocenters. The summed E-state index contributed by atoms with van der Waals surface area (Å²) in [5.41, 5.74) is 0.536. The molecule has 0 saturated heterocycles. The number of nitrogens with zero attached hydrogens (tertiary/aromatic N) is 2. The third kappa shape index (κ3) is 3.18. The van der Waals surface area contributed by atoms with Gasteiger partial charge in [-0.3, -0.25) is 14.4 Å². The molecule has 5 aromatic rings. The molecule has 2 amide bonds. The van der Waals surface area contributed by atoms with Crippen LogP contribution in [0.2, 0.25) is 0 Å². The topological polar surface area (TPSA) is 84.0 Å². The van der Waals surface area contributed by atoms with E-state index in [1.165, 1.54) is 17.2 Å². The van der Waals surface area contributed by atoms with Gasteiger partial charge in [0.05, 0.1) is 36.0 Å². The lowest BCUT2D eigenvalue weighted by molar-refractivity contribution is -0.126. The van der Waals surface area contributed by atoms with Gasteiger partial charge in [0, 0.05) is 5.56 Å². The third-order valence-electron chi connectivity index (χ3n) is 7.55. The van der Waals surface area contributed by atoms with Gasteiger partial charge in [0.2, 0.25) is 5.76 Å². The number of hydrogen-bond acceptors (Lipinski definition) is 5. The summed E-state index contributed by atoms with van der Waals surface area (Å²) in [4.78, 5) is 45.7. The van der Waals surface area contributed by atoms with E-state index < -0.39 is 28.6 Å². The minimum absolute atomic E-state index is 0.0389. The summed E-state index contributed by atoms with van der Waals surface area (Å²) < 4.78 is 25.8. The largest absolute Gasteiger partial charge is 0.467 e. The number of carbonyl (C=O) groups excluding carboxylic acids is 2. The van der Waals surface area contributed by atoms with Crippen LogP contribution in [0, 0.1) is 12.7 Å². The van der Waals surface area contributed by atoms with E-state index in [2.05, 4.69) is 0 Å². The van der Waals surface area contributed by atoms with Crippen LogP contribution in [0.15, 0.2) is 98.8 Å². The lowest BCUT2D eigenvalue weighted by atomic mass is 9.84. The Balaban J connectivity index is 1.52. The number of para-hydroxylation sites is 1. The van der Waals surface area contributed by atoms with Gasteiger partial charge in [-0.05, 0) is 48.9 Å². The fraction of sp³-hybridized carbons (Fsp3) is 0.129. The maximum Gasteiger partial charge on any atom is 0.291 e. The number of furan rings is 1. The molecule has 7 rings (SSSR count). The van der Waals surface area contributed by atoms with Gasteiger partial charge in [0.1, 0.15) is 17.2 Å². The summed E-state index contributed by atoms with van der Waals surface area (Å²) in [7, 11) is 0. The molecule has 2 aliphatic rings. The predicted molar refractivity (Wildman–Crippen MR) is 141 cm³/mol. The number of anilines is 1. The maximum absolute atomic E-state index is 14.7. The van der Waals surface area contributed by atoms with Gasteiger partial charge in [-0.1, -0.05) is 48.0 Å². The molecule has 8 heteroatoms. The zero-order valence-electron chi connectivity index (χ0n) is 20.8.